The molecule has 0 spiro atoms. The third-order valence-electron chi connectivity index (χ3n) is 2.14. The van der Waals surface area contributed by atoms with Crippen LogP contribution in [0.5, 0.6) is 0 Å². The molecular formula is C11H12F2N4O. The molecule has 0 saturated heterocycles. The molecule has 0 aliphatic heterocycles. The van der Waals surface area contributed by atoms with Gasteiger partial charge in [-0.25, -0.2) is 8.78 Å². The number of hydrogen-bond donors (Lipinski definition) is 2. The summed E-state index contributed by atoms with van der Waals surface area (Å²) in [5.74, 6) is -2.32. The number of hydrogen-bond acceptors (Lipinski definition) is 4. The monoisotopic (exact) mass is 254 g/mol. The molecule has 1 aromatic carbocycles. The number of primary amides is 1. The van der Waals surface area contributed by atoms with Crippen molar-refractivity contribution in [2.75, 3.05) is 0 Å². The van der Waals surface area contributed by atoms with E-state index in [9.17, 15) is 13.6 Å². The maximum atomic E-state index is 13.4. The molecule has 0 heterocycles. The molecule has 7 heteroatoms. The normalized spacial score (nSPS) is 11.1. The minimum atomic E-state index is -0.863. The molecule has 1 amide bonds. The van der Waals surface area contributed by atoms with E-state index >= 15 is 0 Å². The molecule has 0 bridgehead atoms. The molecule has 0 aliphatic carbocycles. The minimum Gasteiger partial charge on any atom is -0.393 e. The van der Waals surface area contributed by atoms with Crippen molar-refractivity contribution in [2.24, 2.45) is 16.6 Å². The number of nitrogens with two attached hydrogens (primary N) is 2. The van der Waals surface area contributed by atoms with Gasteiger partial charge in [-0.15, -0.1) is 0 Å². The Kier molecular flexibility index (Phi) is 4.36. The Bertz CT molecular complexity index is 482. The summed E-state index contributed by atoms with van der Waals surface area (Å²) in [5.41, 5.74) is 9.71. The molecule has 0 atom stereocenters. The van der Waals surface area contributed by atoms with E-state index < -0.39 is 17.5 Å². The Labute approximate surface area is 102 Å². The number of carbonyl (C=O) groups is 1. The molecule has 0 saturated carbocycles. The third-order valence-corrected chi connectivity index (χ3v) is 2.14. The molecular weight excluding hydrogens is 242 g/mol. The van der Waals surface area contributed by atoms with Crippen molar-refractivity contribution in [3.8, 4) is 0 Å². The van der Waals surface area contributed by atoms with Crippen molar-refractivity contribution in [1.29, 1.82) is 0 Å². The molecule has 0 radical (unpaired) electrons. The zero-order valence-corrected chi connectivity index (χ0v) is 9.44. The lowest BCUT2D eigenvalue weighted by atomic mass is 10.2. The van der Waals surface area contributed by atoms with Gasteiger partial charge in [0.25, 0.3) is 5.91 Å². The van der Waals surface area contributed by atoms with E-state index in [-0.39, 0.29) is 17.8 Å². The van der Waals surface area contributed by atoms with Gasteiger partial charge >= 0.3 is 0 Å². The number of carbonyl (C=O) groups excluding carboxylic acids is 1. The Hall–Kier alpha value is -2.44. The average Bonchev–Trinajstić information content (AvgIpc) is 2.32. The third kappa shape index (κ3) is 3.27. The number of nitrogens with zero attached hydrogens (tertiary/aromatic N) is 2. The molecule has 4 N–H and O–H groups in total. The van der Waals surface area contributed by atoms with Gasteiger partial charge in [0.05, 0.1) is 12.7 Å². The van der Waals surface area contributed by atoms with Gasteiger partial charge in [-0.2, -0.15) is 5.10 Å². The number of halogens is 2. The second-order valence-corrected chi connectivity index (χ2v) is 3.39. The lowest BCUT2D eigenvalue weighted by molar-refractivity contribution is -0.114. The van der Waals surface area contributed by atoms with E-state index in [4.69, 9.17) is 11.5 Å². The fraction of sp³-hybridized carbons (Fsp3) is 0.0909. The van der Waals surface area contributed by atoms with Gasteiger partial charge in [0.2, 0.25) is 0 Å². The van der Waals surface area contributed by atoms with Crippen molar-refractivity contribution in [3.05, 3.63) is 47.3 Å². The lowest BCUT2D eigenvalue weighted by Crippen LogP contribution is -2.23. The molecule has 18 heavy (non-hydrogen) atoms. The highest BCUT2D eigenvalue weighted by molar-refractivity contribution is 5.90. The highest BCUT2D eigenvalue weighted by Crippen LogP contribution is 2.15. The molecule has 1 aromatic rings. The van der Waals surface area contributed by atoms with E-state index in [1.165, 1.54) is 6.07 Å². The second-order valence-electron chi connectivity index (χ2n) is 3.39. The smallest absolute Gasteiger partial charge is 0.266 e. The van der Waals surface area contributed by atoms with E-state index in [0.717, 1.165) is 23.3 Å². The molecule has 0 aromatic heterocycles. The summed E-state index contributed by atoms with van der Waals surface area (Å²) in [7, 11) is 0. The first kappa shape index (κ1) is 13.6. The summed E-state index contributed by atoms with van der Waals surface area (Å²) in [6.07, 6.45) is 1.06. The van der Waals surface area contributed by atoms with Gasteiger partial charge in [-0.05, 0) is 12.1 Å². The van der Waals surface area contributed by atoms with Gasteiger partial charge in [-0.1, -0.05) is 6.07 Å². The maximum Gasteiger partial charge on any atom is 0.266 e. The van der Waals surface area contributed by atoms with Gasteiger partial charge in [0.15, 0.2) is 0 Å². The number of amides is 1. The van der Waals surface area contributed by atoms with Crippen molar-refractivity contribution >= 4 is 12.6 Å². The Morgan fingerprint density at radius 2 is 1.94 bits per heavy atom. The standard InChI is InChI=1S/C11H12F2N4O/c1-16-17(6-10(14)11(15)18)5-7-8(12)3-2-4-9(7)13/h2-4,6H,1,5,14H2,(H2,15,18)/b10-6-. The first-order valence-electron chi connectivity index (χ1n) is 4.89. The Morgan fingerprint density at radius 1 is 1.39 bits per heavy atom. The Morgan fingerprint density at radius 3 is 2.39 bits per heavy atom. The summed E-state index contributed by atoms with van der Waals surface area (Å²) in [6, 6.07) is 3.47. The molecule has 5 nitrogen and oxygen atoms in total. The van der Waals surface area contributed by atoms with E-state index in [1.54, 1.807) is 0 Å². The van der Waals surface area contributed by atoms with Gasteiger partial charge in [-0.3, -0.25) is 9.80 Å². The van der Waals surface area contributed by atoms with Crippen LogP contribution in [0.1, 0.15) is 5.56 Å². The Balaban J connectivity index is 2.97. The average molecular weight is 254 g/mol. The largest absolute Gasteiger partial charge is 0.393 e. The van der Waals surface area contributed by atoms with E-state index in [1.807, 2.05) is 0 Å². The van der Waals surface area contributed by atoms with Crippen LogP contribution in [0, 0.1) is 11.6 Å². The van der Waals surface area contributed by atoms with E-state index in [2.05, 4.69) is 11.8 Å². The minimum absolute atomic E-state index is 0.210. The topological polar surface area (TPSA) is 84.7 Å². The predicted molar refractivity (Wildman–Crippen MR) is 62.9 cm³/mol. The van der Waals surface area contributed by atoms with Crippen molar-refractivity contribution < 1.29 is 13.6 Å². The van der Waals surface area contributed by atoms with E-state index in [0.29, 0.717) is 0 Å². The van der Waals surface area contributed by atoms with Crippen LogP contribution in [-0.2, 0) is 11.3 Å². The first-order valence-corrected chi connectivity index (χ1v) is 4.89. The van der Waals surface area contributed by atoms with Gasteiger partial charge in [0, 0.05) is 12.3 Å². The van der Waals surface area contributed by atoms with Crippen LogP contribution in [0.4, 0.5) is 8.78 Å². The summed E-state index contributed by atoms with van der Waals surface area (Å²) >= 11 is 0. The fourth-order valence-electron chi connectivity index (χ4n) is 1.21. The first-order chi connectivity index (χ1) is 8.45. The van der Waals surface area contributed by atoms with Crippen molar-refractivity contribution in [3.63, 3.8) is 0 Å². The van der Waals surface area contributed by atoms with Gasteiger partial charge in [0.1, 0.15) is 17.3 Å². The van der Waals surface area contributed by atoms with Crippen LogP contribution in [-0.4, -0.2) is 17.6 Å². The second kappa shape index (κ2) is 5.76. The molecule has 1 rings (SSSR count). The van der Waals surface area contributed by atoms with Crippen LogP contribution in [0.15, 0.2) is 35.2 Å². The SMILES string of the molecule is C=NN(/C=C(\N)C(N)=O)Cc1c(F)cccc1F. The zero-order valence-electron chi connectivity index (χ0n) is 9.44. The zero-order chi connectivity index (χ0) is 13.7. The van der Waals surface area contributed by atoms with Crippen LogP contribution in [0.3, 0.4) is 0 Å². The highest BCUT2D eigenvalue weighted by atomic mass is 19.1. The van der Waals surface area contributed by atoms with Crippen LogP contribution < -0.4 is 11.5 Å². The molecule has 96 valence electrons. The molecule has 0 fully saturated rings. The van der Waals surface area contributed by atoms with Crippen molar-refractivity contribution in [2.45, 2.75) is 6.54 Å². The number of hydrazone groups is 1. The predicted octanol–water partition coefficient (Wildman–Crippen LogP) is 0.668. The molecule has 0 aliphatic rings. The fourth-order valence-corrected chi connectivity index (χ4v) is 1.21. The number of rotatable bonds is 5. The number of benzene rings is 1. The summed E-state index contributed by atoms with van der Waals surface area (Å²) < 4.78 is 26.7. The molecule has 0 unspecified atom stereocenters. The quantitative estimate of drug-likeness (QED) is 0.460. The summed E-state index contributed by atoms with van der Waals surface area (Å²) in [4.78, 5) is 10.7. The van der Waals surface area contributed by atoms with Crippen molar-refractivity contribution in [1.82, 2.24) is 5.01 Å². The van der Waals surface area contributed by atoms with Crippen LogP contribution >= 0.6 is 0 Å². The highest BCUT2D eigenvalue weighted by Gasteiger charge is 2.11. The maximum absolute atomic E-state index is 13.4. The van der Waals surface area contributed by atoms with Gasteiger partial charge < -0.3 is 11.5 Å². The summed E-state index contributed by atoms with van der Waals surface area (Å²) in [5, 5.41) is 4.49. The summed E-state index contributed by atoms with van der Waals surface area (Å²) in [6.45, 7) is 2.95. The lowest BCUT2D eigenvalue weighted by Gasteiger charge is -2.15. The van der Waals surface area contributed by atoms with Crippen LogP contribution in [0.25, 0.3) is 0 Å². The van der Waals surface area contributed by atoms with Crippen LogP contribution in [0.2, 0.25) is 0 Å².